The minimum Gasteiger partial charge on any atom is -0.478 e. The van der Waals surface area contributed by atoms with Crippen molar-refractivity contribution in [2.45, 2.75) is 49.7 Å². The Balaban J connectivity index is 0.000000188. The molecule has 4 heteroatoms. The van der Waals surface area contributed by atoms with Crippen molar-refractivity contribution in [3.05, 3.63) is 12.7 Å². The van der Waals surface area contributed by atoms with Gasteiger partial charge in [-0.3, -0.25) is 0 Å². The summed E-state index contributed by atoms with van der Waals surface area (Å²) in [4.78, 5) is 9.25. The largest absolute Gasteiger partial charge is 0.478 e. The molecule has 2 bridgehead atoms. The fourth-order valence-corrected chi connectivity index (χ4v) is 4.02. The minimum atomic E-state index is -0.981. The number of aliphatic hydroxyl groups is 2. The number of hydrogen-bond acceptors (Lipinski definition) is 3. The maximum Gasteiger partial charge on any atom is 0.327 e. The lowest BCUT2D eigenvalue weighted by molar-refractivity contribution is -0.150. The van der Waals surface area contributed by atoms with E-state index in [0.29, 0.717) is 11.8 Å². The van der Waals surface area contributed by atoms with Gasteiger partial charge < -0.3 is 15.3 Å². The second-order valence-electron chi connectivity index (χ2n) is 5.50. The SMILES string of the molecule is C=CC(=O)O.OC12CCC(C1)C1CCCC12O. The molecule has 0 amide bonds. The van der Waals surface area contributed by atoms with Crippen molar-refractivity contribution in [1.29, 1.82) is 0 Å². The number of fused-ring (bicyclic) bond motifs is 5. The van der Waals surface area contributed by atoms with E-state index in [-0.39, 0.29) is 0 Å². The van der Waals surface area contributed by atoms with E-state index in [4.69, 9.17) is 5.11 Å². The first-order valence-corrected chi connectivity index (χ1v) is 6.23. The van der Waals surface area contributed by atoms with Crippen LogP contribution in [0.3, 0.4) is 0 Å². The fourth-order valence-electron chi connectivity index (χ4n) is 4.02. The third-order valence-electron chi connectivity index (χ3n) is 4.76. The Labute approximate surface area is 101 Å². The number of carboxylic acids is 1. The molecule has 4 nitrogen and oxygen atoms in total. The molecule has 4 atom stereocenters. The maximum absolute atomic E-state index is 10.3. The summed E-state index contributed by atoms with van der Waals surface area (Å²) in [6.07, 6.45) is 6.77. The summed E-state index contributed by atoms with van der Waals surface area (Å²) in [6, 6.07) is 0. The molecule has 3 rings (SSSR count). The Bertz CT molecular complexity index is 340. The molecular weight excluding hydrogens is 220 g/mol. The summed E-state index contributed by atoms with van der Waals surface area (Å²) in [6.45, 7) is 2.96. The molecular formula is C13H20O4. The van der Waals surface area contributed by atoms with Gasteiger partial charge in [-0.15, -0.1) is 0 Å². The number of carboxylic acid groups (broad SMARTS) is 1. The standard InChI is InChI=1S/C10H16O2.C3H4O2/c11-9-5-3-7(6-9)8-2-1-4-10(8,9)12;1-2-3(4)5/h7-8,11-12H,1-6H2;2H,1H2,(H,4,5). The fraction of sp³-hybridized carbons (Fsp3) is 0.769. The lowest BCUT2D eigenvalue weighted by Crippen LogP contribution is -2.52. The van der Waals surface area contributed by atoms with E-state index in [1.165, 1.54) is 0 Å². The zero-order valence-electron chi connectivity index (χ0n) is 9.93. The topological polar surface area (TPSA) is 77.8 Å². The molecule has 4 unspecified atom stereocenters. The second kappa shape index (κ2) is 4.10. The minimum absolute atomic E-state index is 0.427. The molecule has 0 aromatic heterocycles. The predicted molar refractivity (Wildman–Crippen MR) is 62.4 cm³/mol. The molecule has 0 aromatic carbocycles. The quantitative estimate of drug-likeness (QED) is 0.604. The Morgan fingerprint density at radius 3 is 2.47 bits per heavy atom. The normalized spacial score (nSPS) is 46.0. The van der Waals surface area contributed by atoms with Crippen molar-refractivity contribution >= 4 is 5.97 Å². The highest BCUT2D eigenvalue weighted by atomic mass is 16.4. The third kappa shape index (κ3) is 1.79. The van der Waals surface area contributed by atoms with Gasteiger partial charge in [-0.1, -0.05) is 13.0 Å². The first-order valence-electron chi connectivity index (χ1n) is 6.23. The predicted octanol–water partition coefficient (Wildman–Crippen LogP) is 1.32. The molecule has 0 spiro atoms. The average Bonchev–Trinajstić information content (AvgIpc) is 2.89. The van der Waals surface area contributed by atoms with Gasteiger partial charge in [0.2, 0.25) is 0 Å². The van der Waals surface area contributed by atoms with Crippen molar-refractivity contribution < 1.29 is 20.1 Å². The molecule has 3 fully saturated rings. The molecule has 0 radical (unpaired) electrons. The van der Waals surface area contributed by atoms with Crippen molar-refractivity contribution in [3.8, 4) is 0 Å². The molecule has 3 saturated carbocycles. The highest BCUT2D eigenvalue weighted by Gasteiger charge is 2.67. The zero-order chi connectivity index (χ0) is 12.7. The first-order chi connectivity index (χ1) is 7.93. The molecule has 3 aliphatic carbocycles. The smallest absolute Gasteiger partial charge is 0.327 e. The Kier molecular flexibility index (Phi) is 3.04. The number of aliphatic carboxylic acids is 1. The highest BCUT2D eigenvalue weighted by molar-refractivity contribution is 5.78. The van der Waals surface area contributed by atoms with Gasteiger partial charge in [0.15, 0.2) is 0 Å². The maximum atomic E-state index is 10.3. The van der Waals surface area contributed by atoms with Crippen molar-refractivity contribution in [2.75, 3.05) is 0 Å². The molecule has 0 saturated heterocycles. The van der Waals surface area contributed by atoms with Gasteiger partial charge in [-0.2, -0.15) is 0 Å². The zero-order valence-corrected chi connectivity index (χ0v) is 9.93. The van der Waals surface area contributed by atoms with Gasteiger partial charge in [0, 0.05) is 6.08 Å². The van der Waals surface area contributed by atoms with E-state index in [9.17, 15) is 15.0 Å². The Hall–Kier alpha value is -0.870. The molecule has 0 aromatic rings. The number of hydrogen-bond donors (Lipinski definition) is 3. The Morgan fingerprint density at radius 2 is 1.94 bits per heavy atom. The van der Waals surface area contributed by atoms with E-state index < -0.39 is 17.2 Å². The molecule has 0 heterocycles. The van der Waals surface area contributed by atoms with Crippen LogP contribution in [0.25, 0.3) is 0 Å². The van der Waals surface area contributed by atoms with E-state index in [0.717, 1.165) is 44.6 Å². The summed E-state index contributed by atoms with van der Waals surface area (Å²) < 4.78 is 0. The van der Waals surface area contributed by atoms with Crippen LogP contribution < -0.4 is 0 Å². The summed E-state index contributed by atoms with van der Waals surface area (Å²) in [7, 11) is 0. The van der Waals surface area contributed by atoms with Gasteiger partial charge >= 0.3 is 5.97 Å². The van der Waals surface area contributed by atoms with Gasteiger partial charge in [0.05, 0.1) is 11.2 Å². The van der Waals surface area contributed by atoms with Crippen LogP contribution in [0.2, 0.25) is 0 Å². The van der Waals surface area contributed by atoms with Gasteiger partial charge in [-0.05, 0) is 43.9 Å². The van der Waals surface area contributed by atoms with Crippen LogP contribution in [-0.4, -0.2) is 32.5 Å². The molecule has 96 valence electrons. The monoisotopic (exact) mass is 240 g/mol. The summed E-state index contributed by atoms with van der Waals surface area (Å²) >= 11 is 0. The van der Waals surface area contributed by atoms with Crippen molar-refractivity contribution in [3.63, 3.8) is 0 Å². The van der Waals surface area contributed by atoms with Gasteiger partial charge in [0.1, 0.15) is 0 Å². The van der Waals surface area contributed by atoms with Crippen LogP contribution >= 0.6 is 0 Å². The number of rotatable bonds is 1. The van der Waals surface area contributed by atoms with Crippen molar-refractivity contribution in [1.82, 2.24) is 0 Å². The Morgan fingerprint density at radius 1 is 1.29 bits per heavy atom. The van der Waals surface area contributed by atoms with E-state index in [1.807, 2.05) is 0 Å². The average molecular weight is 240 g/mol. The highest BCUT2D eigenvalue weighted by Crippen LogP contribution is 2.62. The molecule has 3 N–H and O–H groups in total. The van der Waals surface area contributed by atoms with Gasteiger partial charge in [0.25, 0.3) is 0 Å². The molecule has 17 heavy (non-hydrogen) atoms. The van der Waals surface area contributed by atoms with Crippen LogP contribution in [0.4, 0.5) is 0 Å². The second-order valence-corrected chi connectivity index (χ2v) is 5.50. The van der Waals surface area contributed by atoms with Crippen molar-refractivity contribution in [2.24, 2.45) is 11.8 Å². The van der Waals surface area contributed by atoms with E-state index >= 15 is 0 Å². The third-order valence-corrected chi connectivity index (χ3v) is 4.76. The van der Waals surface area contributed by atoms with Crippen LogP contribution in [0.5, 0.6) is 0 Å². The van der Waals surface area contributed by atoms with Crippen LogP contribution in [0, 0.1) is 11.8 Å². The lowest BCUT2D eigenvalue weighted by atomic mass is 9.75. The van der Waals surface area contributed by atoms with Crippen LogP contribution in [-0.2, 0) is 4.79 Å². The van der Waals surface area contributed by atoms with Crippen LogP contribution in [0.15, 0.2) is 12.7 Å². The van der Waals surface area contributed by atoms with E-state index in [2.05, 4.69) is 6.58 Å². The van der Waals surface area contributed by atoms with Gasteiger partial charge in [-0.25, -0.2) is 4.79 Å². The lowest BCUT2D eigenvalue weighted by Gasteiger charge is -2.40. The van der Waals surface area contributed by atoms with E-state index in [1.54, 1.807) is 0 Å². The first kappa shape index (κ1) is 12.6. The molecule has 3 aliphatic rings. The number of carbonyl (C=O) groups is 1. The summed E-state index contributed by atoms with van der Waals surface area (Å²) in [5.41, 5.74) is -1.38. The summed E-state index contributed by atoms with van der Waals surface area (Å²) in [5.74, 6) is 0.0729. The molecule has 0 aliphatic heterocycles. The van der Waals surface area contributed by atoms with Crippen LogP contribution in [0.1, 0.15) is 38.5 Å². The summed E-state index contributed by atoms with van der Waals surface area (Å²) in [5, 5.41) is 28.2.